The average Bonchev–Trinajstić information content (AvgIpc) is 3.32. The number of piperidine rings is 1. The maximum atomic E-state index is 5.84. The molecule has 8 nitrogen and oxygen atoms in total. The van der Waals surface area contributed by atoms with Gasteiger partial charge in [-0.15, -0.1) is 5.10 Å². The molecule has 26 heavy (non-hydrogen) atoms. The second kappa shape index (κ2) is 7.20. The Kier molecular flexibility index (Phi) is 4.78. The van der Waals surface area contributed by atoms with E-state index in [0.29, 0.717) is 23.9 Å². The van der Waals surface area contributed by atoms with E-state index >= 15 is 0 Å². The summed E-state index contributed by atoms with van der Waals surface area (Å²) in [5.74, 6) is 3.81. The standard InChI is InChI=1S/C17H22ClN7O/c1-23-9-3-4-12(11-23)17-20-15(6-5-13-10-14(18)22-26-13)25(21-17)16-7-8-19-24(16)2/h7-8,10,12H,3-6,9,11H2,1-2H3. The molecule has 1 aliphatic heterocycles. The number of nitrogens with zero attached hydrogens (tertiary/aromatic N) is 7. The van der Waals surface area contributed by atoms with Gasteiger partial charge in [0.25, 0.3) is 0 Å². The summed E-state index contributed by atoms with van der Waals surface area (Å²) >= 11 is 5.84. The molecular formula is C17H22ClN7O. The van der Waals surface area contributed by atoms with Crippen molar-refractivity contribution in [1.29, 1.82) is 0 Å². The summed E-state index contributed by atoms with van der Waals surface area (Å²) < 4.78 is 8.92. The second-order valence-electron chi connectivity index (χ2n) is 6.83. The molecule has 3 aromatic heterocycles. The molecule has 0 spiro atoms. The summed E-state index contributed by atoms with van der Waals surface area (Å²) in [5, 5.41) is 13.2. The van der Waals surface area contributed by atoms with Crippen LogP contribution < -0.4 is 0 Å². The normalized spacial score (nSPS) is 18.5. The molecule has 1 fully saturated rings. The molecule has 0 aromatic carbocycles. The van der Waals surface area contributed by atoms with E-state index in [1.807, 2.05) is 17.8 Å². The fourth-order valence-corrected chi connectivity index (χ4v) is 3.63. The predicted octanol–water partition coefficient (Wildman–Crippen LogP) is 2.24. The molecule has 1 unspecified atom stereocenters. The molecule has 0 amide bonds. The third-order valence-electron chi connectivity index (χ3n) is 4.82. The van der Waals surface area contributed by atoms with Crippen molar-refractivity contribution in [1.82, 2.24) is 34.6 Å². The average molecular weight is 376 g/mol. The minimum absolute atomic E-state index is 0.363. The molecule has 0 radical (unpaired) electrons. The molecule has 1 atom stereocenters. The van der Waals surface area contributed by atoms with Crippen LogP contribution in [-0.2, 0) is 19.9 Å². The first kappa shape index (κ1) is 17.2. The zero-order valence-corrected chi connectivity index (χ0v) is 15.7. The summed E-state index contributed by atoms with van der Waals surface area (Å²) in [4.78, 5) is 7.22. The highest BCUT2D eigenvalue weighted by Gasteiger charge is 2.25. The van der Waals surface area contributed by atoms with Crippen molar-refractivity contribution < 1.29 is 4.52 Å². The summed E-state index contributed by atoms with van der Waals surface area (Å²) in [7, 11) is 4.06. The van der Waals surface area contributed by atoms with Crippen LogP contribution in [0.2, 0.25) is 5.15 Å². The number of hydrogen-bond acceptors (Lipinski definition) is 6. The quantitative estimate of drug-likeness (QED) is 0.680. The van der Waals surface area contributed by atoms with Gasteiger partial charge in [-0.3, -0.25) is 4.68 Å². The molecular weight excluding hydrogens is 354 g/mol. The van der Waals surface area contributed by atoms with Crippen LogP contribution in [0.3, 0.4) is 0 Å². The number of rotatable bonds is 5. The minimum atomic E-state index is 0.363. The third kappa shape index (κ3) is 3.52. The van der Waals surface area contributed by atoms with Crippen LogP contribution in [0, 0.1) is 0 Å². The summed E-state index contributed by atoms with van der Waals surface area (Å²) in [6.45, 7) is 2.13. The van der Waals surface area contributed by atoms with E-state index < -0.39 is 0 Å². The van der Waals surface area contributed by atoms with Crippen molar-refractivity contribution in [3.63, 3.8) is 0 Å². The van der Waals surface area contributed by atoms with Gasteiger partial charge >= 0.3 is 0 Å². The van der Waals surface area contributed by atoms with Crippen molar-refractivity contribution in [2.75, 3.05) is 20.1 Å². The minimum Gasteiger partial charge on any atom is -0.360 e. The second-order valence-corrected chi connectivity index (χ2v) is 7.22. The molecule has 3 aromatic rings. The van der Waals surface area contributed by atoms with E-state index in [1.54, 1.807) is 16.9 Å². The molecule has 4 heterocycles. The molecule has 138 valence electrons. The Hall–Kier alpha value is -2.19. The van der Waals surface area contributed by atoms with Gasteiger partial charge in [-0.1, -0.05) is 16.8 Å². The molecule has 1 saturated heterocycles. The first-order valence-electron chi connectivity index (χ1n) is 8.84. The van der Waals surface area contributed by atoms with Crippen molar-refractivity contribution in [3.8, 4) is 5.82 Å². The van der Waals surface area contributed by atoms with Gasteiger partial charge in [0.05, 0.1) is 6.20 Å². The van der Waals surface area contributed by atoms with Gasteiger partial charge in [0.2, 0.25) is 0 Å². The highest BCUT2D eigenvalue weighted by Crippen LogP contribution is 2.25. The highest BCUT2D eigenvalue weighted by molar-refractivity contribution is 6.29. The SMILES string of the molecule is CN1CCCC(c2nc(CCc3cc(Cl)no3)n(-c3ccnn3C)n2)C1. The van der Waals surface area contributed by atoms with Crippen molar-refractivity contribution in [2.24, 2.45) is 7.05 Å². The van der Waals surface area contributed by atoms with Crippen LogP contribution >= 0.6 is 11.6 Å². The molecule has 0 N–H and O–H groups in total. The van der Waals surface area contributed by atoms with Crippen LogP contribution in [0.25, 0.3) is 5.82 Å². The van der Waals surface area contributed by atoms with Gasteiger partial charge in [0.15, 0.2) is 16.8 Å². The van der Waals surface area contributed by atoms with E-state index in [9.17, 15) is 0 Å². The monoisotopic (exact) mass is 375 g/mol. The molecule has 0 saturated carbocycles. The lowest BCUT2D eigenvalue weighted by molar-refractivity contribution is 0.246. The van der Waals surface area contributed by atoms with Gasteiger partial charge < -0.3 is 9.42 Å². The number of aromatic nitrogens is 6. The fourth-order valence-electron chi connectivity index (χ4n) is 3.47. The smallest absolute Gasteiger partial charge is 0.172 e. The van der Waals surface area contributed by atoms with E-state index in [-0.39, 0.29) is 0 Å². The van der Waals surface area contributed by atoms with Crippen LogP contribution in [-0.4, -0.2) is 54.7 Å². The van der Waals surface area contributed by atoms with Crippen molar-refractivity contribution >= 4 is 11.6 Å². The highest BCUT2D eigenvalue weighted by atomic mass is 35.5. The lowest BCUT2D eigenvalue weighted by atomic mass is 9.98. The largest absolute Gasteiger partial charge is 0.360 e. The van der Waals surface area contributed by atoms with Crippen molar-refractivity contribution in [2.45, 2.75) is 31.6 Å². The third-order valence-corrected chi connectivity index (χ3v) is 5.00. The Labute approximate surface area is 156 Å². The number of likely N-dealkylation sites (tertiary alicyclic amines) is 1. The fraction of sp³-hybridized carbons (Fsp3) is 0.529. The zero-order chi connectivity index (χ0) is 18.1. The maximum absolute atomic E-state index is 5.84. The Morgan fingerprint density at radius 3 is 2.88 bits per heavy atom. The Morgan fingerprint density at radius 2 is 2.19 bits per heavy atom. The number of likely N-dealkylation sites (N-methyl/N-ethyl adjacent to an activating group) is 1. The van der Waals surface area contributed by atoms with E-state index in [1.165, 1.54) is 6.42 Å². The Morgan fingerprint density at radius 1 is 1.31 bits per heavy atom. The van der Waals surface area contributed by atoms with Crippen LogP contribution in [0.15, 0.2) is 22.9 Å². The Balaban J connectivity index is 1.63. The van der Waals surface area contributed by atoms with Gasteiger partial charge in [0, 0.05) is 44.5 Å². The number of hydrogen-bond donors (Lipinski definition) is 0. The van der Waals surface area contributed by atoms with Crippen LogP contribution in [0.4, 0.5) is 0 Å². The van der Waals surface area contributed by atoms with Crippen LogP contribution in [0.1, 0.15) is 36.2 Å². The first-order valence-corrected chi connectivity index (χ1v) is 9.22. The van der Waals surface area contributed by atoms with E-state index in [2.05, 4.69) is 22.2 Å². The molecule has 9 heteroatoms. The summed E-state index contributed by atoms with van der Waals surface area (Å²) in [6.07, 6.45) is 5.42. The Bertz CT molecular complexity index is 883. The van der Waals surface area contributed by atoms with Gasteiger partial charge in [-0.05, 0) is 26.4 Å². The topological polar surface area (TPSA) is 77.8 Å². The summed E-state index contributed by atoms with van der Waals surface area (Å²) in [6, 6.07) is 3.68. The first-order chi connectivity index (χ1) is 12.6. The molecule has 0 aliphatic carbocycles. The maximum Gasteiger partial charge on any atom is 0.172 e. The van der Waals surface area contributed by atoms with Gasteiger partial charge in [-0.2, -0.15) is 9.78 Å². The predicted molar refractivity (Wildman–Crippen MR) is 96.5 cm³/mol. The zero-order valence-electron chi connectivity index (χ0n) is 15.0. The number of halogens is 1. The number of aryl methyl sites for hydroxylation is 3. The molecule has 0 bridgehead atoms. The molecule has 1 aliphatic rings. The van der Waals surface area contributed by atoms with E-state index in [0.717, 1.165) is 42.7 Å². The van der Waals surface area contributed by atoms with Gasteiger partial charge in [-0.25, -0.2) is 4.98 Å². The van der Waals surface area contributed by atoms with Gasteiger partial charge in [0.1, 0.15) is 11.6 Å². The lowest BCUT2D eigenvalue weighted by Gasteiger charge is -2.27. The lowest BCUT2D eigenvalue weighted by Crippen LogP contribution is -2.31. The van der Waals surface area contributed by atoms with E-state index in [4.69, 9.17) is 26.2 Å². The molecule has 4 rings (SSSR count). The van der Waals surface area contributed by atoms with Crippen molar-refractivity contribution in [3.05, 3.63) is 40.9 Å². The van der Waals surface area contributed by atoms with Crippen LogP contribution in [0.5, 0.6) is 0 Å². The summed E-state index contributed by atoms with van der Waals surface area (Å²) in [5.41, 5.74) is 0.